The summed E-state index contributed by atoms with van der Waals surface area (Å²) >= 11 is 6.00. The number of carbonyl (C=O) groups excluding carboxylic acids is 1. The van der Waals surface area contributed by atoms with Crippen LogP contribution >= 0.6 is 11.6 Å². The molecule has 0 saturated carbocycles. The minimum Gasteiger partial charge on any atom is -0.478 e. The van der Waals surface area contributed by atoms with Gasteiger partial charge in [0.1, 0.15) is 11.9 Å². The minimum absolute atomic E-state index is 0.0126. The number of primary amides is 1. The van der Waals surface area contributed by atoms with Crippen molar-refractivity contribution < 1.29 is 14.7 Å². The lowest BCUT2D eigenvalue weighted by molar-refractivity contribution is -0.119. The molecule has 18 heavy (non-hydrogen) atoms. The highest BCUT2D eigenvalue weighted by atomic mass is 35.5. The second-order valence-electron chi connectivity index (χ2n) is 4.09. The highest BCUT2D eigenvalue weighted by Gasteiger charge is 2.31. The normalized spacial score (nSPS) is 18.9. The summed E-state index contributed by atoms with van der Waals surface area (Å²) in [6.07, 6.45) is 2.71. The zero-order chi connectivity index (χ0) is 13.3. The topological polar surface area (TPSA) is 96.5 Å². The van der Waals surface area contributed by atoms with E-state index in [2.05, 4.69) is 4.98 Å². The van der Waals surface area contributed by atoms with Crippen molar-refractivity contribution in [2.45, 2.75) is 18.9 Å². The van der Waals surface area contributed by atoms with Crippen LogP contribution in [0.3, 0.4) is 0 Å². The molecular weight excluding hydrogens is 258 g/mol. The van der Waals surface area contributed by atoms with Gasteiger partial charge in [-0.05, 0) is 18.9 Å². The fraction of sp³-hybridized carbons (Fsp3) is 0.364. The molecular formula is C11H12ClN3O3. The second-order valence-corrected chi connectivity index (χ2v) is 4.50. The molecule has 96 valence electrons. The minimum atomic E-state index is -1.09. The molecule has 0 spiro atoms. The Labute approximate surface area is 108 Å². The average molecular weight is 270 g/mol. The largest absolute Gasteiger partial charge is 0.478 e. The smallest absolute Gasteiger partial charge is 0.337 e. The number of nitrogens with two attached hydrogens (primary N) is 1. The van der Waals surface area contributed by atoms with Gasteiger partial charge in [0.05, 0.1) is 10.6 Å². The van der Waals surface area contributed by atoms with Crippen LogP contribution in [0.15, 0.2) is 12.3 Å². The van der Waals surface area contributed by atoms with Gasteiger partial charge in [-0.25, -0.2) is 9.78 Å². The first-order valence-corrected chi connectivity index (χ1v) is 5.83. The number of carboxylic acids is 1. The summed E-state index contributed by atoms with van der Waals surface area (Å²) in [6, 6.07) is 0.897. The quantitative estimate of drug-likeness (QED) is 0.849. The summed E-state index contributed by atoms with van der Waals surface area (Å²) < 4.78 is 0. The lowest BCUT2D eigenvalue weighted by Crippen LogP contribution is -2.40. The molecule has 1 aliphatic heterocycles. The molecule has 3 N–H and O–H groups in total. The molecule has 6 nitrogen and oxygen atoms in total. The average Bonchev–Trinajstić information content (AvgIpc) is 2.77. The molecule has 0 aromatic carbocycles. The van der Waals surface area contributed by atoms with Gasteiger partial charge < -0.3 is 15.7 Å². The van der Waals surface area contributed by atoms with Crippen LogP contribution in [0.1, 0.15) is 23.2 Å². The van der Waals surface area contributed by atoms with Crippen LogP contribution in [0.25, 0.3) is 0 Å². The molecule has 7 heteroatoms. The van der Waals surface area contributed by atoms with Gasteiger partial charge in [-0.1, -0.05) is 11.6 Å². The Morgan fingerprint density at radius 1 is 1.56 bits per heavy atom. The number of amides is 1. The monoisotopic (exact) mass is 269 g/mol. The van der Waals surface area contributed by atoms with Gasteiger partial charge in [0, 0.05) is 12.7 Å². The SMILES string of the molecule is NC(=O)C1CCCN1c1ncc(C(=O)O)cc1Cl. The third-order valence-corrected chi connectivity index (χ3v) is 3.20. The van der Waals surface area contributed by atoms with Crippen molar-refractivity contribution in [3.8, 4) is 0 Å². The lowest BCUT2D eigenvalue weighted by Gasteiger charge is -2.24. The molecule has 1 amide bonds. The molecule has 2 heterocycles. The van der Waals surface area contributed by atoms with E-state index in [1.165, 1.54) is 12.3 Å². The first kappa shape index (κ1) is 12.6. The molecule has 1 atom stereocenters. The standard InChI is InChI=1S/C11H12ClN3O3/c12-7-4-6(11(17)18)5-14-10(7)15-3-1-2-8(15)9(13)16/h4-5,8H,1-3H2,(H2,13,16)(H,17,18). The zero-order valence-corrected chi connectivity index (χ0v) is 10.2. The molecule has 1 saturated heterocycles. The number of aromatic carboxylic acids is 1. The Balaban J connectivity index is 2.33. The number of carbonyl (C=O) groups is 2. The summed E-state index contributed by atoms with van der Waals surface area (Å²) in [4.78, 5) is 27.8. The molecule has 1 fully saturated rings. The number of carboxylic acid groups (broad SMARTS) is 1. The summed E-state index contributed by atoms with van der Waals surface area (Å²) in [7, 11) is 0. The van der Waals surface area contributed by atoms with Crippen LogP contribution in [0.4, 0.5) is 5.82 Å². The molecule has 1 aromatic heterocycles. The van der Waals surface area contributed by atoms with Crippen LogP contribution in [-0.2, 0) is 4.79 Å². The van der Waals surface area contributed by atoms with Crippen molar-refractivity contribution in [3.63, 3.8) is 0 Å². The Morgan fingerprint density at radius 2 is 2.28 bits per heavy atom. The lowest BCUT2D eigenvalue weighted by atomic mass is 10.2. The highest BCUT2D eigenvalue weighted by molar-refractivity contribution is 6.33. The first-order valence-electron chi connectivity index (χ1n) is 5.45. The summed E-state index contributed by atoms with van der Waals surface area (Å²) in [5.74, 6) is -1.11. The van der Waals surface area contributed by atoms with Crippen LogP contribution in [0.2, 0.25) is 5.02 Å². The van der Waals surface area contributed by atoms with E-state index in [4.69, 9.17) is 22.4 Å². The molecule has 1 unspecified atom stereocenters. The fourth-order valence-electron chi connectivity index (χ4n) is 2.08. The van der Waals surface area contributed by atoms with E-state index in [-0.39, 0.29) is 10.6 Å². The van der Waals surface area contributed by atoms with E-state index >= 15 is 0 Å². The van der Waals surface area contributed by atoms with E-state index in [0.717, 1.165) is 6.42 Å². The van der Waals surface area contributed by atoms with E-state index in [0.29, 0.717) is 18.8 Å². The molecule has 2 rings (SSSR count). The van der Waals surface area contributed by atoms with Crippen molar-refractivity contribution in [2.24, 2.45) is 5.73 Å². The van der Waals surface area contributed by atoms with Crippen molar-refractivity contribution in [3.05, 3.63) is 22.8 Å². The zero-order valence-electron chi connectivity index (χ0n) is 9.47. The van der Waals surface area contributed by atoms with Gasteiger partial charge in [0.15, 0.2) is 0 Å². The third-order valence-electron chi connectivity index (χ3n) is 2.92. The number of nitrogens with zero attached hydrogens (tertiary/aromatic N) is 2. The number of hydrogen-bond acceptors (Lipinski definition) is 4. The van der Waals surface area contributed by atoms with Crippen LogP contribution in [0, 0.1) is 0 Å². The maximum absolute atomic E-state index is 11.3. The molecule has 0 aliphatic carbocycles. The van der Waals surface area contributed by atoms with E-state index in [1.807, 2.05) is 0 Å². The number of aromatic nitrogens is 1. The highest BCUT2D eigenvalue weighted by Crippen LogP contribution is 2.30. The third kappa shape index (κ3) is 2.24. The van der Waals surface area contributed by atoms with Crippen molar-refractivity contribution in [2.75, 3.05) is 11.4 Å². The number of rotatable bonds is 3. The van der Waals surface area contributed by atoms with Gasteiger partial charge in [-0.3, -0.25) is 4.79 Å². The summed E-state index contributed by atoms with van der Waals surface area (Å²) in [6.45, 7) is 0.632. The van der Waals surface area contributed by atoms with Gasteiger partial charge in [0.2, 0.25) is 5.91 Å². The van der Waals surface area contributed by atoms with Crippen molar-refractivity contribution in [1.29, 1.82) is 0 Å². The molecule has 0 bridgehead atoms. The molecule has 0 radical (unpaired) electrons. The Bertz CT molecular complexity index is 506. The van der Waals surface area contributed by atoms with Crippen molar-refractivity contribution >= 4 is 29.3 Å². The number of hydrogen-bond donors (Lipinski definition) is 2. The summed E-state index contributed by atoms with van der Waals surface area (Å²) in [5.41, 5.74) is 5.32. The van der Waals surface area contributed by atoms with Crippen LogP contribution < -0.4 is 10.6 Å². The number of anilines is 1. The predicted molar refractivity (Wildman–Crippen MR) is 65.8 cm³/mol. The van der Waals surface area contributed by atoms with Crippen LogP contribution in [-0.4, -0.2) is 34.6 Å². The predicted octanol–water partition coefficient (Wildman–Crippen LogP) is 0.887. The van der Waals surface area contributed by atoms with Crippen molar-refractivity contribution in [1.82, 2.24) is 4.98 Å². The maximum Gasteiger partial charge on any atom is 0.337 e. The van der Waals surface area contributed by atoms with Gasteiger partial charge in [-0.2, -0.15) is 0 Å². The van der Waals surface area contributed by atoms with Gasteiger partial charge >= 0.3 is 5.97 Å². The number of halogens is 1. The van der Waals surface area contributed by atoms with E-state index in [9.17, 15) is 9.59 Å². The Morgan fingerprint density at radius 3 is 2.83 bits per heavy atom. The Kier molecular flexibility index (Phi) is 3.38. The second kappa shape index (κ2) is 4.81. The Hall–Kier alpha value is -1.82. The van der Waals surface area contributed by atoms with Crippen LogP contribution in [0.5, 0.6) is 0 Å². The molecule has 1 aromatic rings. The van der Waals surface area contributed by atoms with Gasteiger partial charge in [-0.15, -0.1) is 0 Å². The van der Waals surface area contributed by atoms with Gasteiger partial charge in [0.25, 0.3) is 0 Å². The first-order chi connectivity index (χ1) is 8.50. The maximum atomic E-state index is 11.3. The fourth-order valence-corrected chi connectivity index (χ4v) is 2.35. The molecule has 1 aliphatic rings. The summed E-state index contributed by atoms with van der Waals surface area (Å²) in [5, 5.41) is 9.03. The van der Waals surface area contributed by atoms with E-state index in [1.54, 1.807) is 4.90 Å². The number of pyridine rings is 1. The van der Waals surface area contributed by atoms with E-state index < -0.39 is 17.9 Å².